The third-order valence-electron chi connectivity index (χ3n) is 10.7. The molecule has 2 unspecified atom stereocenters. The second kappa shape index (κ2) is 7.86. The van der Waals surface area contributed by atoms with E-state index in [4.69, 9.17) is 23.7 Å². The van der Waals surface area contributed by atoms with Gasteiger partial charge in [-0.1, -0.05) is 18.2 Å². The van der Waals surface area contributed by atoms with Crippen molar-refractivity contribution >= 4 is 0 Å². The zero-order valence-electron chi connectivity index (χ0n) is 21.8. The molecule has 6 aliphatic rings. The molecule has 2 aromatic rings. The van der Waals surface area contributed by atoms with Gasteiger partial charge in [0.1, 0.15) is 17.5 Å². The van der Waals surface area contributed by atoms with Crippen molar-refractivity contribution in [2.75, 3.05) is 41.5 Å². The van der Waals surface area contributed by atoms with Crippen molar-refractivity contribution in [1.82, 2.24) is 4.90 Å². The van der Waals surface area contributed by atoms with Crippen LogP contribution >= 0.6 is 0 Å². The molecule has 0 amide bonds. The Hall–Kier alpha value is -2.28. The lowest BCUT2D eigenvalue weighted by atomic mass is 9.35. The van der Waals surface area contributed by atoms with Crippen LogP contribution in [0.1, 0.15) is 42.4 Å². The molecule has 36 heavy (non-hydrogen) atoms. The first-order valence-electron chi connectivity index (χ1n) is 13.4. The summed E-state index contributed by atoms with van der Waals surface area (Å²) in [6, 6.07) is 13.1. The van der Waals surface area contributed by atoms with Crippen molar-refractivity contribution in [3.63, 3.8) is 0 Å². The fraction of sp³-hybridized carbons (Fsp3) is 0.600. The van der Waals surface area contributed by atoms with Crippen molar-refractivity contribution < 1.29 is 23.7 Å². The maximum absolute atomic E-state index is 7.04. The highest BCUT2D eigenvalue weighted by Crippen LogP contribution is 2.76. The molecule has 1 saturated heterocycles. The number of piperidine rings is 1. The summed E-state index contributed by atoms with van der Waals surface area (Å²) in [7, 11) is 7.68. The minimum absolute atomic E-state index is 0.00975. The standard InChI is InChI=1S/C30H37NO5/c1-31-13-12-29-25-20-8-9-23(33-3)26(25)36-27(29)30(34-4)11-10-28(29,24(31)15-20)16-21(30)18-35-17-19-6-5-7-22(14-19)32-2/h5-9,14,21,24,27H,10-13,15-18H2,1-4H3/t21-,24-,27-,28?,29?,30-/m1/s1. The van der Waals surface area contributed by atoms with Gasteiger partial charge in [0.15, 0.2) is 11.5 Å². The predicted octanol–water partition coefficient (Wildman–Crippen LogP) is 4.36. The molecule has 3 saturated carbocycles. The van der Waals surface area contributed by atoms with Gasteiger partial charge in [0.05, 0.1) is 27.4 Å². The lowest BCUT2D eigenvalue weighted by molar-refractivity contribution is -0.282. The summed E-state index contributed by atoms with van der Waals surface area (Å²) >= 11 is 0. The normalized spacial score (nSPS) is 37.4. The van der Waals surface area contributed by atoms with Gasteiger partial charge in [-0.05, 0) is 75.0 Å². The monoisotopic (exact) mass is 491 g/mol. The number of ether oxygens (including phenoxy) is 5. The second-order valence-corrected chi connectivity index (χ2v) is 11.6. The molecular weight excluding hydrogens is 454 g/mol. The van der Waals surface area contributed by atoms with Crippen molar-refractivity contribution in [3.05, 3.63) is 53.1 Å². The third kappa shape index (κ3) is 2.63. The number of nitrogens with zero attached hydrogens (tertiary/aromatic N) is 1. The number of hydrogen-bond donors (Lipinski definition) is 0. The number of hydrogen-bond acceptors (Lipinski definition) is 6. The largest absolute Gasteiger partial charge is 0.497 e. The molecular formula is C30H37NO5. The third-order valence-corrected chi connectivity index (χ3v) is 10.7. The van der Waals surface area contributed by atoms with Crippen LogP contribution in [0.2, 0.25) is 0 Å². The summed E-state index contributed by atoms with van der Waals surface area (Å²) in [5.41, 5.74) is 3.80. The first-order chi connectivity index (χ1) is 17.5. The van der Waals surface area contributed by atoms with Crippen molar-refractivity contribution in [2.45, 2.75) is 61.9 Å². The molecule has 6 nitrogen and oxygen atoms in total. The van der Waals surface area contributed by atoms with E-state index in [2.05, 4.69) is 36.2 Å². The van der Waals surface area contributed by atoms with Crippen LogP contribution in [0.4, 0.5) is 0 Å². The Morgan fingerprint density at radius 1 is 1.06 bits per heavy atom. The molecule has 0 N–H and O–H groups in total. The van der Waals surface area contributed by atoms with Gasteiger partial charge in [-0.2, -0.15) is 0 Å². The zero-order valence-corrected chi connectivity index (χ0v) is 21.8. The van der Waals surface area contributed by atoms with E-state index in [1.54, 1.807) is 14.2 Å². The van der Waals surface area contributed by atoms with Gasteiger partial charge in [0.2, 0.25) is 0 Å². The number of likely N-dealkylation sites (N-methyl/N-ethyl adjacent to an activating group) is 1. The molecule has 4 aliphatic carbocycles. The topological polar surface area (TPSA) is 49.4 Å². The molecule has 0 aromatic heterocycles. The highest BCUT2D eigenvalue weighted by atomic mass is 16.6. The minimum atomic E-state index is -0.366. The highest BCUT2D eigenvalue weighted by Gasteiger charge is 2.80. The Balaban J connectivity index is 1.28. The van der Waals surface area contributed by atoms with E-state index in [0.29, 0.717) is 19.3 Å². The van der Waals surface area contributed by atoms with Crippen LogP contribution < -0.4 is 14.2 Å². The minimum Gasteiger partial charge on any atom is -0.497 e. The summed E-state index contributed by atoms with van der Waals surface area (Å²) in [6.07, 6.45) is 5.49. The molecule has 4 fully saturated rings. The molecule has 6 atom stereocenters. The molecule has 2 aromatic carbocycles. The SMILES string of the molecule is COc1cccc(COC[C@H]2CC34CC[C@]2(OC)[C@@H]2Oc5c(OC)ccc6c5C23CCN(C)[C@@H]4C6)c1. The van der Waals surface area contributed by atoms with Crippen molar-refractivity contribution in [1.29, 1.82) is 0 Å². The fourth-order valence-electron chi connectivity index (χ4n) is 9.26. The van der Waals surface area contributed by atoms with E-state index in [-0.39, 0.29) is 28.5 Å². The quantitative estimate of drug-likeness (QED) is 0.574. The molecule has 2 heterocycles. The van der Waals surface area contributed by atoms with Crippen LogP contribution in [-0.4, -0.2) is 64.2 Å². The van der Waals surface area contributed by atoms with E-state index in [0.717, 1.165) is 55.0 Å². The van der Waals surface area contributed by atoms with Gasteiger partial charge in [0.25, 0.3) is 0 Å². The van der Waals surface area contributed by atoms with Crippen LogP contribution in [0.3, 0.4) is 0 Å². The van der Waals surface area contributed by atoms with Crippen molar-refractivity contribution in [3.8, 4) is 17.2 Å². The molecule has 0 radical (unpaired) electrons. The maximum Gasteiger partial charge on any atom is 0.165 e. The van der Waals surface area contributed by atoms with Crippen LogP contribution in [0.25, 0.3) is 0 Å². The fourth-order valence-corrected chi connectivity index (χ4v) is 9.26. The molecule has 2 spiro atoms. The van der Waals surface area contributed by atoms with E-state index >= 15 is 0 Å². The van der Waals surface area contributed by atoms with Gasteiger partial charge in [0, 0.05) is 35.5 Å². The Kier molecular flexibility index (Phi) is 5.00. The Bertz CT molecular complexity index is 1200. The lowest BCUT2D eigenvalue weighted by Gasteiger charge is -2.73. The van der Waals surface area contributed by atoms with E-state index < -0.39 is 0 Å². The molecule has 192 valence electrons. The molecule has 2 aliphatic heterocycles. The number of likely N-dealkylation sites (tertiary alicyclic amines) is 1. The summed E-state index contributed by atoms with van der Waals surface area (Å²) < 4.78 is 31.3. The van der Waals surface area contributed by atoms with Gasteiger partial charge in [-0.15, -0.1) is 0 Å². The van der Waals surface area contributed by atoms with E-state index in [9.17, 15) is 0 Å². The number of fused-ring (bicyclic) bond motifs is 2. The van der Waals surface area contributed by atoms with E-state index in [1.165, 1.54) is 17.5 Å². The average Bonchev–Trinajstić information content (AvgIpc) is 3.28. The summed E-state index contributed by atoms with van der Waals surface area (Å²) in [4.78, 5) is 2.63. The van der Waals surface area contributed by atoms with Crippen LogP contribution in [0.15, 0.2) is 36.4 Å². The van der Waals surface area contributed by atoms with Crippen LogP contribution in [0, 0.1) is 11.3 Å². The van der Waals surface area contributed by atoms with Gasteiger partial charge < -0.3 is 28.6 Å². The average molecular weight is 492 g/mol. The first kappa shape index (κ1) is 22.9. The van der Waals surface area contributed by atoms with Gasteiger partial charge in [-0.3, -0.25) is 0 Å². The Labute approximate surface area is 213 Å². The van der Waals surface area contributed by atoms with Crippen molar-refractivity contribution in [2.24, 2.45) is 11.3 Å². The van der Waals surface area contributed by atoms with Crippen LogP contribution in [-0.2, 0) is 27.9 Å². The maximum atomic E-state index is 7.04. The summed E-state index contributed by atoms with van der Waals surface area (Å²) in [5, 5.41) is 0. The highest BCUT2D eigenvalue weighted by molar-refractivity contribution is 5.63. The molecule has 8 rings (SSSR count). The van der Waals surface area contributed by atoms with Crippen LogP contribution in [0.5, 0.6) is 17.2 Å². The molecule has 4 bridgehead atoms. The van der Waals surface area contributed by atoms with Gasteiger partial charge >= 0.3 is 0 Å². The summed E-state index contributed by atoms with van der Waals surface area (Å²) in [5.74, 6) is 2.98. The second-order valence-electron chi connectivity index (χ2n) is 11.6. The number of methoxy groups -OCH3 is 3. The summed E-state index contributed by atoms with van der Waals surface area (Å²) in [6.45, 7) is 2.33. The zero-order chi connectivity index (χ0) is 24.7. The Morgan fingerprint density at radius 2 is 1.94 bits per heavy atom. The van der Waals surface area contributed by atoms with E-state index in [1.807, 2.05) is 19.2 Å². The lowest BCUT2D eigenvalue weighted by Crippen LogP contribution is -2.81. The smallest absolute Gasteiger partial charge is 0.165 e. The number of rotatable bonds is 7. The Morgan fingerprint density at radius 3 is 2.75 bits per heavy atom. The first-order valence-corrected chi connectivity index (χ1v) is 13.4. The van der Waals surface area contributed by atoms with Gasteiger partial charge in [-0.25, -0.2) is 0 Å². The number of benzene rings is 2. The molecule has 6 heteroatoms. The predicted molar refractivity (Wildman–Crippen MR) is 136 cm³/mol.